The second-order valence-electron chi connectivity index (χ2n) is 4.64. The van der Waals surface area contributed by atoms with Crippen LogP contribution in [0.1, 0.15) is 30.5 Å². The molecule has 0 spiro atoms. The molecule has 1 aliphatic heterocycles. The highest BCUT2D eigenvalue weighted by Crippen LogP contribution is 2.22. The number of amides is 1. The monoisotopic (exact) mass is 262 g/mol. The molecule has 0 aliphatic carbocycles. The number of fused-ring (bicyclic) bond motifs is 1. The number of benzene rings is 1. The number of carboxylic acids is 1. The van der Waals surface area contributed by atoms with E-state index in [1.54, 1.807) is 6.92 Å². The van der Waals surface area contributed by atoms with E-state index >= 15 is 0 Å². The second kappa shape index (κ2) is 5.84. The first-order valence-electron chi connectivity index (χ1n) is 6.48. The summed E-state index contributed by atoms with van der Waals surface area (Å²) in [5, 5.41) is 14.7. The molecule has 0 aromatic heterocycles. The van der Waals surface area contributed by atoms with E-state index in [9.17, 15) is 9.59 Å². The Morgan fingerprint density at radius 3 is 2.89 bits per heavy atom. The van der Waals surface area contributed by atoms with E-state index in [1.807, 2.05) is 24.3 Å². The van der Waals surface area contributed by atoms with Gasteiger partial charge in [-0.15, -0.1) is 0 Å². The Bertz CT molecular complexity index is 487. The van der Waals surface area contributed by atoms with Crippen molar-refractivity contribution in [2.75, 3.05) is 6.54 Å². The smallest absolute Gasteiger partial charge is 0.326 e. The lowest BCUT2D eigenvalue weighted by Gasteiger charge is -2.27. The number of hydrogen-bond donors (Lipinski definition) is 3. The van der Waals surface area contributed by atoms with Crippen LogP contribution in [0.15, 0.2) is 24.3 Å². The molecule has 3 N–H and O–H groups in total. The van der Waals surface area contributed by atoms with Crippen molar-refractivity contribution in [3.63, 3.8) is 0 Å². The predicted octanol–water partition coefficient (Wildman–Crippen LogP) is 0.853. The maximum Gasteiger partial charge on any atom is 0.326 e. The standard InChI is InChI=1S/C14H18N2O3/c1-2-11(14(18)19)16-13(17)12-10-6-4-3-5-9(10)7-8-15-12/h3-6,11-12,15H,2,7-8H2,1H3,(H,16,17)(H,18,19). The molecule has 0 saturated heterocycles. The summed E-state index contributed by atoms with van der Waals surface area (Å²) in [5.41, 5.74) is 2.08. The molecule has 0 radical (unpaired) electrons. The Kier molecular flexibility index (Phi) is 4.16. The van der Waals surface area contributed by atoms with Crippen LogP contribution in [0.2, 0.25) is 0 Å². The van der Waals surface area contributed by atoms with Crippen LogP contribution in [-0.4, -0.2) is 29.6 Å². The van der Waals surface area contributed by atoms with Gasteiger partial charge in [-0.2, -0.15) is 0 Å². The highest BCUT2D eigenvalue weighted by molar-refractivity contribution is 5.88. The quantitative estimate of drug-likeness (QED) is 0.752. The molecule has 2 unspecified atom stereocenters. The summed E-state index contributed by atoms with van der Waals surface area (Å²) in [5.74, 6) is -1.28. The lowest BCUT2D eigenvalue weighted by Crippen LogP contribution is -2.47. The maximum atomic E-state index is 12.2. The molecule has 2 rings (SSSR count). The largest absolute Gasteiger partial charge is 0.480 e. The van der Waals surface area contributed by atoms with Crippen LogP contribution in [0.4, 0.5) is 0 Å². The van der Waals surface area contributed by atoms with Crippen molar-refractivity contribution in [1.82, 2.24) is 10.6 Å². The van der Waals surface area contributed by atoms with Gasteiger partial charge >= 0.3 is 5.97 Å². The molecule has 1 amide bonds. The summed E-state index contributed by atoms with van der Waals surface area (Å²) in [6.07, 6.45) is 1.26. The van der Waals surface area contributed by atoms with Crippen LogP contribution in [0.3, 0.4) is 0 Å². The first kappa shape index (κ1) is 13.5. The second-order valence-corrected chi connectivity index (χ2v) is 4.64. The molecule has 102 valence electrons. The van der Waals surface area contributed by atoms with E-state index in [1.165, 1.54) is 0 Å². The summed E-state index contributed by atoms with van der Waals surface area (Å²) in [4.78, 5) is 23.2. The predicted molar refractivity (Wildman–Crippen MR) is 70.7 cm³/mol. The minimum Gasteiger partial charge on any atom is -0.480 e. The minimum atomic E-state index is -1.00. The van der Waals surface area contributed by atoms with Crippen molar-refractivity contribution in [2.24, 2.45) is 0 Å². The lowest BCUT2D eigenvalue weighted by atomic mass is 9.93. The summed E-state index contributed by atoms with van der Waals surface area (Å²) in [7, 11) is 0. The van der Waals surface area contributed by atoms with E-state index < -0.39 is 18.1 Å². The zero-order chi connectivity index (χ0) is 13.8. The zero-order valence-electron chi connectivity index (χ0n) is 10.8. The van der Waals surface area contributed by atoms with Crippen LogP contribution >= 0.6 is 0 Å². The Morgan fingerprint density at radius 1 is 1.47 bits per heavy atom. The van der Waals surface area contributed by atoms with Gasteiger partial charge in [0.15, 0.2) is 0 Å². The molecular formula is C14H18N2O3. The van der Waals surface area contributed by atoms with Gasteiger partial charge in [0.25, 0.3) is 0 Å². The molecule has 19 heavy (non-hydrogen) atoms. The average molecular weight is 262 g/mol. The van der Waals surface area contributed by atoms with E-state index in [0.29, 0.717) is 6.42 Å². The molecule has 1 aromatic rings. The van der Waals surface area contributed by atoms with Crippen molar-refractivity contribution in [2.45, 2.75) is 31.8 Å². The van der Waals surface area contributed by atoms with E-state index in [2.05, 4.69) is 10.6 Å². The molecule has 1 aromatic carbocycles. The van der Waals surface area contributed by atoms with E-state index in [0.717, 1.165) is 24.1 Å². The third-order valence-corrected chi connectivity index (χ3v) is 3.39. The van der Waals surface area contributed by atoms with Gasteiger partial charge in [0.1, 0.15) is 12.1 Å². The average Bonchev–Trinajstić information content (AvgIpc) is 2.43. The number of aliphatic carboxylic acids is 1. The molecule has 1 aliphatic rings. The summed E-state index contributed by atoms with van der Waals surface area (Å²) < 4.78 is 0. The minimum absolute atomic E-state index is 0.276. The van der Waals surface area contributed by atoms with Crippen LogP contribution in [0.25, 0.3) is 0 Å². The fourth-order valence-corrected chi connectivity index (χ4v) is 2.33. The van der Waals surface area contributed by atoms with Crippen LogP contribution in [0, 0.1) is 0 Å². The van der Waals surface area contributed by atoms with Crippen molar-refractivity contribution < 1.29 is 14.7 Å². The molecular weight excluding hydrogens is 244 g/mol. The summed E-state index contributed by atoms with van der Waals surface area (Å²) in [6.45, 7) is 2.46. The normalized spacial score (nSPS) is 19.3. The number of nitrogens with one attached hydrogen (secondary N) is 2. The third kappa shape index (κ3) is 2.93. The summed E-state index contributed by atoms with van der Waals surface area (Å²) in [6, 6.07) is 6.46. The molecule has 0 fully saturated rings. The Hall–Kier alpha value is -1.88. The number of carbonyl (C=O) groups excluding carboxylic acids is 1. The Balaban J connectivity index is 2.15. The zero-order valence-corrected chi connectivity index (χ0v) is 10.8. The third-order valence-electron chi connectivity index (χ3n) is 3.39. The SMILES string of the molecule is CCC(NC(=O)C1NCCc2ccccc21)C(=O)O. The van der Waals surface area contributed by atoms with E-state index in [-0.39, 0.29) is 5.91 Å². The molecule has 2 atom stereocenters. The van der Waals surface area contributed by atoms with Gasteiger partial charge in [0.2, 0.25) is 5.91 Å². The fourth-order valence-electron chi connectivity index (χ4n) is 2.33. The number of rotatable bonds is 4. The van der Waals surface area contributed by atoms with Gasteiger partial charge in [0, 0.05) is 6.54 Å². The fraction of sp³-hybridized carbons (Fsp3) is 0.429. The number of carbonyl (C=O) groups is 2. The lowest BCUT2D eigenvalue weighted by molar-refractivity contribution is -0.142. The molecule has 1 heterocycles. The van der Waals surface area contributed by atoms with Gasteiger partial charge in [-0.05, 0) is 24.0 Å². The van der Waals surface area contributed by atoms with E-state index in [4.69, 9.17) is 5.11 Å². The Labute approximate surface area is 112 Å². The molecule has 5 heteroatoms. The van der Waals surface area contributed by atoms with Gasteiger partial charge < -0.3 is 15.7 Å². The van der Waals surface area contributed by atoms with Crippen LogP contribution in [0.5, 0.6) is 0 Å². The Morgan fingerprint density at radius 2 is 2.21 bits per heavy atom. The highest BCUT2D eigenvalue weighted by atomic mass is 16.4. The van der Waals surface area contributed by atoms with Gasteiger partial charge in [-0.1, -0.05) is 31.2 Å². The first-order valence-corrected chi connectivity index (χ1v) is 6.48. The maximum absolute atomic E-state index is 12.2. The van der Waals surface area contributed by atoms with Crippen LogP contribution < -0.4 is 10.6 Å². The first-order chi connectivity index (χ1) is 9.13. The topological polar surface area (TPSA) is 78.4 Å². The van der Waals surface area contributed by atoms with Gasteiger partial charge in [-0.25, -0.2) is 4.79 Å². The van der Waals surface area contributed by atoms with Gasteiger partial charge in [0.05, 0.1) is 0 Å². The highest BCUT2D eigenvalue weighted by Gasteiger charge is 2.28. The van der Waals surface area contributed by atoms with Crippen LogP contribution in [-0.2, 0) is 16.0 Å². The van der Waals surface area contributed by atoms with Gasteiger partial charge in [-0.3, -0.25) is 4.79 Å². The molecule has 0 bridgehead atoms. The number of hydrogen-bond acceptors (Lipinski definition) is 3. The molecule has 0 saturated carbocycles. The van der Waals surface area contributed by atoms with Crippen molar-refractivity contribution >= 4 is 11.9 Å². The van der Waals surface area contributed by atoms with Crippen molar-refractivity contribution in [3.05, 3.63) is 35.4 Å². The van der Waals surface area contributed by atoms with Crippen molar-refractivity contribution in [3.8, 4) is 0 Å². The summed E-state index contributed by atoms with van der Waals surface area (Å²) >= 11 is 0. The molecule has 5 nitrogen and oxygen atoms in total. The van der Waals surface area contributed by atoms with Crippen molar-refractivity contribution in [1.29, 1.82) is 0 Å². The number of carboxylic acid groups (broad SMARTS) is 1.